The molecule has 0 saturated carbocycles. The van der Waals surface area contributed by atoms with E-state index in [0.717, 1.165) is 16.0 Å². The Bertz CT molecular complexity index is 919. The second-order valence-electron chi connectivity index (χ2n) is 6.20. The minimum Gasteiger partial charge on any atom is -0.497 e. The van der Waals surface area contributed by atoms with Gasteiger partial charge in [0.1, 0.15) is 17.3 Å². The van der Waals surface area contributed by atoms with Crippen LogP contribution in [0.1, 0.15) is 22.4 Å². The smallest absolute Gasteiger partial charge is 0.226 e. The van der Waals surface area contributed by atoms with E-state index in [0.29, 0.717) is 35.9 Å². The molecular formula is C21H21FN2O3S. The predicted molar refractivity (Wildman–Crippen MR) is 108 cm³/mol. The molecule has 5 nitrogen and oxygen atoms in total. The van der Waals surface area contributed by atoms with Gasteiger partial charge in [0, 0.05) is 30.0 Å². The molecule has 0 saturated heterocycles. The summed E-state index contributed by atoms with van der Waals surface area (Å²) in [4.78, 5) is 17.5. The van der Waals surface area contributed by atoms with Crippen LogP contribution in [0.15, 0.2) is 48.7 Å². The Morgan fingerprint density at radius 2 is 1.75 bits per heavy atom. The summed E-state index contributed by atoms with van der Waals surface area (Å²) in [6.07, 6.45) is 3.27. The number of aryl methyl sites for hydroxylation is 1. The zero-order valence-corrected chi connectivity index (χ0v) is 16.5. The number of amides is 1. The summed E-state index contributed by atoms with van der Waals surface area (Å²) < 4.78 is 23.5. The van der Waals surface area contributed by atoms with Crippen LogP contribution in [0.25, 0.3) is 0 Å². The molecule has 0 fully saturated rings. The molecule has 0 aliphatic heterocycles. The molecule has 0 bridgehead atoms. The number of hydrogen-bond acceptors (Lipinski definition) is 5. The molecule has 146 valence electrons. The molecule has 1 heterocycles. The molecule has 7 heteroatoms. The van der Waals surface area contributed by atoms with Crippen LogP contribution in [-0.4, -0.2) is 25.1 Å². The highest BCUT2D eigenvalue weighted by molar-refractivity contribution is 7.15. The van der Waals surface area contributed by atoms with Crippen LogP contribution in [-0.2, 0) is 17.6 Å². The van der Waals surface area contributed by atoms with Crippen LogP contribution in [0.4, 0.5) is 9.52 Å². The van der Waals surface area contributed by atoms with Crippen LogP contribution in [0, 0.1) is 5.82 Å². The number of aromatic nitrogens is 1. The first-order chi connectivity index (χ1) is 13.6. The van der Waals surface area contributed by atoms with Crippen LogP contribution in [0.2, 0.25) is 0 Å². The van der Waals surface area contributed by atoms with Crippen molar-refractivity contribution in [3.05, 3.63) is 70.5 Å². The van der Waals surface area contributed by atoms with Crippen molar-refractivity contribution in [3.63, 3.8) is 0 Å². The van der Waals surface area contributed by atoms with Gasteiger partial charge in [0.25, 0.3) is 0 Å². The van der Waals surface area contributed by atoms with Gasteiger partial charge in [-0.3, -0.25) is 4.79 Å². The van der Waals surface area contributed by atoms with E-state index in [1.54, 1.807) is 38.6 Å². The molecule has 0 spiro atoms. The maximum atomic E-state index is 13.0. The molecule has 2 aromatic carbocycles. The number of carbonyl (C=O) groups is 1. The van der Waals surface area contributed by atoms with Gasteiger partial charge in [-0.1, -0.05) is 12.1 Å². The third-order valence-corrected chi connectivity index (χ3v) is 5.06. The Morgan fingerprint density at radius 1 is 1.07 bits per heavy atom. The van der Waals surface area contributed by atoms with E-state index in [4.69, 9.17) is 9.47 Å². The van der Waals surface area contributed by atoms with E-state index in [9.17, 15) is 9.18 Å². The van der Waals surface area contributed by atoms with Crippen molar-refractivity contribution >= 4 is 22.4 Å². The summed E-state index contributed by atoms with van der Waals surface area (Å²) in [5.74, 6) is 1.03. The van der Waals surface area contributed by atoms with Gasteiger partial charge in [0.15, 0.2) is 5.13 Å². The largest absolute Gasteiger partial charge is 0.497 e. The van der Waals surface area contributed by atoms with Gasteiger partial charge in [0.2, 0.25) is 5.91 Å². The molecule has 0 aliphatic rings. The number of thiazole rings is 1. The maximum Gasteiger partial charge on any atom is 0.226 e. The molecule has 0 unspecified atom stereocenters. The van der Waals surface area contributed by atoms with Crippen molar-refractivity contribution in [1.29, 1.82) is 0 Å². The van der Waals surface area contributed by atoms with E-state index >= 15 is 0 Å². The second kappa shape index (κ2) is 9.32. The quantitative estimate of drug-likeness (QED) is 0.606. The second-order valence-corrected chi connectivity index (χ2v) is 7.32. The zero-order valence-electron chi connectivity index (χ0n) is 15.7. The first-order valence-electron chi connectivity index (χ1n) is 8.76. The van der Waals surface area contributed by atoms with Crippen LogP contribution in [0.3, 0.4) is 0 Å². The number of nitrogens with one attached hydrogen (secondary N) is 1. The lowest BCUT2D eigenvalue weighted by Crippen LogP contribution is -2.12. The Morgan fingerprint density at radius 3 is 2.39 bits per heavy atom. The van der Waals surface area contributed by atoms with E-state index in [1.165, 1.54) is 23.5 Å². The molecule has 1 N–H and O–H groups in total. The number of methoxy groups -OCH3 is 2. The average Bonchev–Trinajstić information content (AvgIpc) is 3.14. The first kappa shape index (κ1) is 19.8. The number of anilines is 1. The SMILES string of the molecule is COc1cc(CCC(=O)Nc2ncc(Cc3ccc(F)cc3)s2)cc(OC)c1. The summed E-state index contributed by atoms with van der Waals surface area (Å²) in [6, 6.07) is 11.9. The minimum atomic E-state index is -0.255. The van der Waals surface area contributed by atoms with Crippen LogP contribution >= 0.6 is 11.3 Å². The monoisotopic (exact) mass is 400 g/mol. The molecule has 1 aromatic heterocycles. The molecule has 0 radical (unpaired) electrons. The van der Waals surface area contributed by atoms with Crippen molar-refractivity contribution in [2.45, 2.75) is 19.3 Å². The Hall–Kier alpha value is -2.93. The molecule has 0 atom stereocenters. The van der Waals surface area contributed by atoms with Gasteiger partial charge in [-0.05, 0) is 41.8 Å². The minimum absolute atomic E-state index is 0.107. The van der Waals surface area contributed by atoms with E-state index < -0.39 is 0 Å². The number of rotatable bonds is 8. The molecule has 28 heavy (non-hydrogen) atoms. The summed E-state index contributed by atoms with van der Waals surface area (Å²) in [5.41, 5.74) is 1.96. The molecule has 3 aromatic rings. The fourth-order valence-corrected chi connectivity index (χ4v) is 3.56. The predicted octanol–water partition coefficient (Wildman–Crippen LogP) is 4.46. The van der Waals surface area contributed by atoms with Crippen LogP contribution in [0.5, 0.6) is 11.5 Å². The van der Waals surface area contributed by atoms with Crippen molar-refractivity contribution < 1.29 is 18.7 Å². The summed E-state index contributed by atoms with van der Waals surface area (Å²) in [6.45, 7) is 0. The average molecular weight is 400 g/mol. The number of nitrogens with zero attached hydrogens (tertiary/aromatic N) is 1. The molecular weight excluding hydrogens is 379 g/mol. The summed E-state index contributed by atoms with van der Waals surface area (Å²) in [7, 11) is 3.19. The number of hydrogen-bond donors (Lipinski definition) is 1. The Labute approximate surface area is 167 Å². The lowest BCUT2D eigenvalue weighted by molar-refractivity contribution is -0.116. The third-order valence-electron chi connectivity index (χ3n) is 4.14. The summed E-state index contributed by atoms with van der Waals surface area (Å²) >= 11 is 1.42. The first-order valence-corrected chi connectivity index (χ1v) is 9.58. The fourth-order valence-electron chi connectivity index (χ4n) is 2.70. The fraction of sp³-hybridized carbons (Fsp3) is 0.238. The van der Waals surface area contributed by atoms with E-state index in [2.05, 4.69) is 10.3 Å². The van der Waals surface area contributed by atoms with Crippen LogP contribution < -0.4 is 14.8 Å². The molecule has 3 rings (SSSR count). The van der Waals surface area contributed by atoms with Gasteiger partial charge >= 0.3 is 0 Å². The highest BCUT2D eigenvalue weighted by Gasteiger charge is 2.09. The molecule has 1 amide bonds. The normalized spacial score (nSPS) is 10.5. The van der Waals surface area contributed by atoms with Crippen molar-refractivity contribution in [3.8, 4) is 11.5 Å². The number of benzene rings is 2. The number of carbonyl (C=O) groups excluding carboxylic acids is 1. The van der Waals surface area contributed by atoms with Gasteiger partial charge < -0.3 is 14.8 Å². The van der Waals surface area contributed by atoms with E-state index in [1.807, 2.05) is 12.1 Å². The van der Waals surface area contributed by atoms with Gasteiger partial charge in [0.05, 0.1) is 14.2 Å². The van der Waals surface area contributed by atoms with E-state index in [-0.39, 0.29) is 11.7 Å². The van der Waals surface area contributed by atoms with Gasteiger partial charge in [-0.15, -0.1) is 11.3 Å². The lowest BCUT2D eigenvalue weighted by Gasteiger charge is -2.08. The van der Waals surface area contributed by atoms with Gasteiger partial charge in [-0.2, -0.15) is 0 Å². The number of ether oxygens (including phenoxy) is 2. The highest BCUT2D eigenvalue weighted by Crippen LogP contribution is 2.24. The Kier molecular flexibility index (Phi) is 6.60. The van der Waals surface area contributed by atoms with Crippen molar-refractivity contribution in [1.82, 2.24) is 4.98 Å². The molecule has 0 aliphatic carbocycles. The Balaban J connectivity index is 1.54. The summed E-state index contributed by atoms with van der Waals surface area (Å²) in [5, 5.41) is 3.39. The maximum absolute atomic E-state index is 13.0. The number of halogens is 1. The highest BCUT2D eigenvalue weighted by atomic mass is 32.1. The zero-order chi connectivity index (χ0) is 19.9. The lowest BCUT2D eigenvalue weighted by atomic mass is 10.1. The topological polar surface area (TPSA) is 60.5 Å². The van der Waals surface area contributed by atoms with Crippen molar-refractivity contribution in [2.75, 3.05) is 19.5 Å². The van der Waals surface area contributed by atoms with Crippen molar-refractivity contribution in [2.24, 2.45) is 0 Å². The van der Waals surface area contributed by atoms with Gasteiger partial charge in [-0.25, -0.2) is 9.37 Å². The third kappa shape index (κ3) is 5.53. The standard InChI is InChI=1S/C21H21FN2O3S/c1-26-17-9-15(10-18(12-17)27-2)5-8-20(25)24-21-23-13-19(28-21)11-14-3-6-16(22)7-4-14/h3-4,6-7,9-10,12-13H,5,8,11H2,1-2H3,(H,23,24,25).